The van der Waals surface area contributed by atoms with Gasteiger partial charge < -0.3 is 29.2 Å². The summed E-state index contributed by atoms with van der Waals surface area (Å²) in [6.45, 7) is 3.68. The van der Waals surface area contributed by atoms with Crippen LogP contribution in [0.3, 0.4) is 0 Å². The van der Waals surface area contributed by atoms with Crippen LogP contribution in [0.5, 0.6) is 0 Å². The van der Waals surface area contributed by atoms with Crippen LogP contribution in [0, 0.1) is 24.0 Å². The molecule has 0 saturated carbocycles. The second-order valence-corrected chi connectivity index (χ2v) is 7.82. The van der Waals surface area contributed by atoms with Crippen LogP contribution in [0.25, 0.3) is 0 Å². The SMILES string of the molecule is Cc1ccc(C2O[C@H]([C@H](O)CO)[C@@H]3OC(c4ccc([N+](=O)[O-])cc4)OC[C@@H]3O2)cc1C. The van der Waals surface area contributed by atoms with Crippen LogP contribution >= 0.6 is 0 Å². The molecule has 2 aliphatic rings. The minimum atomic E-state index is -1.18. The lowest BCUT2D eigenvalue weighted by molar-refractivity contribution is -0.385. The summed E-state index contributed by atoms with van der Waals surface area (Å²) < 4.78 is 23.9. The van der Waals surface area contributed by atoms with Crippen LogP contribution in [0.4, 0.5) is 5.69 Å². The van der Waals surface area contributed by atoms with Gasteiger partial charge >= 0.3 is 0 Å². The third kappa shape index (κ3) is 4.47. The zero-order valence-electron chi connectivity index (χ0n) is 17.2. The Kier molecular flexibility index (Phi) is 6.33. The van der Waals surface area contributed by atoms with Crippen LogP contribution in [-0.4, -0.2) is 52.8 Å². The van der Waals surface area contributed by atoms with Crippen LogP contribution in [-0.2, 0) is 18.9 Å². The van der Waals surface area contributed by atoms with Gasteiger partial charge in [-0.2, -0.15) is 0 Å². The van der Waals surface area contributed by atoms with E-state index in [2.05, 4.69) is 0 Å². The Morgan fingerprint density at radius 1 is 1.03 bits per heavy atom. The van der Waals surface area contributed by atoms with Crippen molar-refractivity contribution in [1.82, 2.24) is 0 Å². The molecule has 0 aliphatic carbocycles. The fraction of sp³-hybridized carbons (Fsp3) is 0.455. The second-order valence-electron chi connectivity index (χ2n) is 7.82. The lowest BCUT2D eigenvalue weighted by Gasteiger charge is -2.47. The van der Waals surface area contributed by atoms with E-state index in [9.17, 15) is 20.3 Å². The van der Waals surface area contributed by atoms with Crippen LogP contribution < -0.4 is 0 Å². The number of ether oxygens (including phenoxy) is 4. The summed E-state index contributed by atoms with van der Waals surface area (Å²) in [4.78, 5) is 10.4. The zero-order valence-corrected chi connectivity index (χ0v) is 17.2. The molecule has 0 aromatic heterocycles. The predicted octanol–water partition coefficient (Wildman–Crippen LogP) is 2.46. The molecule has 0 amide bonds. The van der Waals surface area contributed by atoms with Gasteiger partial charge in [0.1, 0.15) is 24.4 Å². The number of hydrogen-bond donors (Lipinski definition) is 2. The van der Waals surface area contributed by atoms with Crippen LogP contribution in [0.2, 0.25) is 0 Å². The maximum Gasteiger partial charge on any atom is 0.269 e. The lowest BCUT2D eigenvalue weighted by Crippen LogP contribution is -2.58. The van der Waals surface area contributed by atoms with E-state index in [0.29, 0.717) is 5.56 Å². The van der Waals surface area contributed by atoms with Gasteiger partial charge in [-0.25, -0.2) is 0 Å². The van der Waals surface area contributed by atoms with E-state index in [4.69, 9.17) is 18.9 Å². The summed E-state index contributed by atoms with van der Waals surface area (Å²) in [5, 5.41) is 30.8. The third-order valence-electron chi connectivity index (χ3n) is 5.71. The molecule has 2 heterocycles. The molecule has 2 aliphatic heterocycles. The molecule has 9 heteroatoms. The molecule has 2 fully saturated rings. The molecule has 31 heavy (non-hydrogen) atoms. The quantitative estimate of drug-likeness (QED) is 0.547. The van der Waals surface area contributed by atoms with Crippen LogP contribution in [0.15, 0.2) is 42.5 Å². The Labute approximate surface area is 179 Å². The number of aliphatic hydroxyl groups is 2. The number of hydrogen-bond acceptors (Lipinski definition) is 8. The van der Waals surface area contributed by atoms with E-state index < -0.39 is 48.5 Å². The Balaban J connectivity index is 1.55. The largest absolute Gasteiger partial charge is 0.394 e. The number of nitro groups is 1. The van der Waals surface area contributed by atoms with Gasteiger partial charge in [0, 0.05) is 23.3 Å². The Hall–Kier alpha value is -2.40. The molecule has 2 aromatic rings. The van der Waals surface area contributed by atoms with Gasteiger partial charge in [-0.1, -0.05) is 18.2 Å². The average molecular weight is 431 g/mol. The number of aliphatic hydroxyl groups excluding tert-OH is 2. The fourth-order valence-electron chi connectivity index (χ4n) is 3.77. The minimum absolute atomic E-state index is 0.0356. The number of nitro benzene ring substituents is 1. The third-order valence-corrected chi connectivity index (χ3v) is 5.71. The molecule has 6 atom stereocenters. The summed E-state index contributed by atoms with van der Waals surface area (Å²) in [6.07, 6.45) is -4.80. The standard InChI is InChI=1S/C22H25NO8/c1-12-3-4-15(9-13(12)2)22-29-18-11-28-21(14-5-7-16(8-6-14)23(26)27)31-20(18)19(30-22)17(25)10-24/h3-9,17-22,24-25H,10-11H2,1-2H3/t17-,18+,19-,20-,21?,22?/m1/s1. The van der Waals surface area contributed by atoms with Crippen molar-refractivity contribution in [2.24, 2.45) is 0 Å². The number of aryl methyl sites for hydroxylation is 2. The molecule has 0 spiro atoms. The molecule has 166 valence electrons. The van der Waals surface area contributed by atoms with Gasteiger partial charge in [0.15, 0.2) is 12.6 Å². The van der Waals surface area contributed by atoms with Crippen molar-refractivity contribution in [2.45, 2.75) is 50.8 Å². The van der Waals surface area contributed by atoms with E-state index >= 15 is 0 Å². The first-order valence-electron chi connectivity index (χ1n) is 10.1. The van der Waals surface area contributed by atoms with E-state index in [1.807, 2.05) is 32.0 Å². The number of non-ortho nitro benzene ring substituents is 1. The van der Waals surface area contributed by atoms with Crippen molar-refractivity contribution in [3.63, 3.8) is 0 Å². The maximum absolute atomic E-state index is 10.9. The molecule has 2 aromatic carbocycles. The van der Waals surface area contributed by atoms with Crippen molar-refractivity contribution in [3.05, 3.63) is 74.8 Å². The van der Waals surface area contributed by atoms with Gasteiger partial charge in [0.25, 0.3) is 5.69 Å². The molecule has 2 N–H and O–H groups in total. The first-order chi connectivity index (χ1) is 14.9. The zero-order chi connectivity index (χ0) is 22.1. The van der Waals surface area contributed by atoms with E-state index in [1.54, 1.807) is 12.1 Å². The Bertz CT molecular complexity index is 934. The smallest absolute Gasteiger partial charge is 0.269 e. The number of benzene rings is 2. The van der Waals surface area contributed by atoms with Gasteiger partial charge in [-0.3, -0.25) is 10.1 Å². The summed E-state index contributed by atoms with van der Waals surface area (Å²) in [5.41, 5.74) is 3.58. The highest BCUT2D eigenvalue weighted by atomic mass is 16.8. The van der Waals surface area contributed by atoms with Gasteiger partial charge in [-0.15, -0.1) is 0 Å². The summed E-state index contributed by atoms with van der Waals surface area (Å²) >= 11 is 0. The summed E-state index contributed by atoms with van der Waals surface area (Å²) in [6, 6.07) is 11.7. The molecule has 2 saturated heterocycles. The first-order valence-corrected chi connectivity index (χ1v) is 10.1. The van der Waals surface area contributed by atoms with Crippen molar-refractivity contribution in [1.29, 1.82) is 0 Å². The number of rotatable bonds is 5. The highest BCUT2D eigenvalue weighted by Crippen LogP contribution is 2.39. The Morgan fingerprint density at radius 2 is 1.74 bits per heavy atom. The van der Waals surface area contributed by atoms with Crippen molar-refractivity contribution < 1.29 is 34.1 Å². The monoisotopic (exact) mass is 431 g/mol. The van der Waals surface area contributed by atoms with Gasteiger partial charge in [0.05, 0.1) is 18.1 Å². The molecule has 2 unspecified atom stereocenters. The highest BCUT2D eigenvalue weighted by Gasteiger charge is 2.48. The van der Waals surface area contributed by atoms with Gasteiger partial charge in [-0.05, 0) is 37.1 Å². The lowest BCUT2D eigenvalue weighted by atomic mass is 9.99. The predicted molar refractivity (Wildman–Crippen MR) is 108 cm³/mol. The minimum Gasteiger partial charge on any atom is -0.394 e. The molecule has 9 nitrogen and oxygen atoms in total. The number of nitrogens with zero attached hydrogens (tertiary/aromatic N) is 1. The summed E-state index contributed by atoms with van der Waals surface area (Å²) in [7, 11) is 0. The molecular formula is C22H25NO8. The maximum atomic E-state index is 10.9. The molecule has 0 bridgehead atoms. The highest BCUT2D eigenvalue weighted by molar-refractivity contribution is 5.33. The van der Waals surface area contributed by atoms with Crippen molar-refractivity contribution >= 4 is 5.69 Å². The Morgan fingerprint density at radius 3 is 2.39 bits per heavy atom. The van der Waals surface area contributed by atoms with E-state index in [0.717, 1.165) is 16.7 Å². The van der Waals surface area contributed by atoms with E-state index in [1.165, 1.54) is 12.1 Å². The van der Waals surface area contributed by atoms with Crippen molar-refractivity contribution in [2.75, 3.05) is 13.2 Å². The fourth-order valence-corrected chi connectivity index (χ4v) is 3.77. The van der Waals surface area contributed by atoms with Gasteiger partial charge in [0.2, 0.25) is 0 Å². The van der Waals surface area contributed by atoms with E-state index in [-0.39, 0.29) is 12.3 Å². The van der Waals surface area contributed by atoms with Crippen LogP contribution in [0.1, 0.15) is 34.8 Å². The summed E-state index contributed by atoms with van der Waals surface area (Å²) in [5.74, 6) is 0. The normalized spacial score (nSPS) is 29.2. The van der Waals surface area contributed by atoms with Crippen molar-refractivity contribution in [3.8, 4) is 0 Å². The average Bonchev–Trinajstić information content (AvgIpc) is 2.79. The molecule has 4 rings (SSSR count). The molecule has 0 radical (unpaired) electrons. The number of fused-ring (bicyclic) bond motifs is 1. The topological polar surface area (TPSA) is 121 Å². The molecular weight excluding hydrogens is 406 g/mol. The first kappa shape index (κ1) is 21.8. The second kappa shape index (κ2) is 8.99.